The molecule has 0 aliphatic carbocycles. The van der Waals surface area contributed by atoms with Crippen LogP contribution in [0.2, 0.25) is 0 Å². The zero-order valence-electron chi connectivity index (χ0n) is 10.4. The Morgan fingerprint density at radius 2 is 2.11 bits per heavy atom. The number of nitrogens with one attached hydrogen (secondary N) is 1. The predicted octanol–water partition coefficient (Wildman–Crippen LogP) is 1.63. The molecule has 1 aromatic rings. The molecule has 2 rings (SSSR count). The van der Waals surface area contributed by atoms with Gasteiger partial charge in [-0.1, -0.05) is 0 Å². The topological polar surface area (TPSA) is 62.3 Å². The number of pyridine rings is 1. The van der Waals surface area contributed by atoms with Crippen molar-refractivity contribution in [2.45, 2.75) is 0 Å². The van der Waals surface area contributed by atoms with E-state index < -0.39 is 10.0 Å². The van der Waals surface area contributed by atoms with Crippen molar-refractivity contribution in [2.24, 2.45) is 0 Å². The smallest absolute Gasteiger partial charge is 0.215 e. The molecule has 1 N–H and O–H groups in total. The molecule has 0 amide bonds. The van der Waals surface area contributed by atoms with E-state index in [9.17, 15) is 8.42 Å². The van der Waals surface area contributed by atoms with E-state index >= 15 is 0 Å². The van der Waals surface area contributed by atoms with Crippen LogP contribution in [-0.4, -0.2) is 54.6 Å². The number of halogens is 1. The molecule has 0 saturated carbocycles. The van der Waals surface area contributed by atoms with Crippen LogP contribution in [0.1, 0.15) is 0 Å². The van der Waals surface area contributed by atoms with Gasteiger partial charge in [0.2, 0.25) is 10.0 Å². The number of anilines is 1. The maximum Gasteiger partial charge on any atom is 0.215 e. The van der Waals surface area contributed by atoms with Gasteiger partial charge in [0.05, 0.1) is 5.75 Å². The molecule has 0 radical (unpaired) electrons. The maximum atomic E-state index is 12.1. The zero-order valence-corrected chi connectivity index (χ0v) is 13.6. The highest BCUT2D eigenvalue weighted by Gasteiger charge is 2.23. The minimum atomic E-state index is -3.14. The molecule has 0 spiro atoms. The Balaban J connectivity index is 1.82. The summed E-state index contributed by atoms with van der Waals surface area (Å²) < 4.78 is 26.6. The number of hydrogen-bond acceptors (Lipinski definition) is 5. The number of hydrogen-bond donors (Lipinski definition) is 1. The third kappa shape index (κ3) is 4.62. The summed E-state index contributed by atoms with van der Waals surface area (Å²) in [5.74, 6) is 2.57. The van der Waals surface area contributed by atoms with Crippen LogP contribution in [0.15, 0.2) is 22.8 Å². The molecular formula is C11H16BrN3O2S2. The Labute approximate surface area is 126 Å². The van der Waals surface area contributed by atoms with Crippen LogP contribution in [0.4, 0.5) is 5.82 Å². The number of aromatic nitrogens is 1. The Morgan fingerprint density at radius 1 is 1.37 bits per heavy atom. The summed E-state index contributed by atoms with van der Waals surface area (Å²) in [6, 6.07) is 3.68. The van der Waals surface area contributed by atoms with Gasteiger partial charge in [-0.2, -0.15) is 11.8 Å². The Bertz CT molecular complexity index is 501. The third-order valence-electron chi connectivity index (χ3n) is 2.76. The van der Waals surface area contributed by atoms with Gasteiger partial charge in [0.25, 0.3) is 0 Å². The van der Waals surface area contributed by atoms with E-state index in [0.29, 0.717) is 25.5 Å². The van der Waals surface area contributed by atoms with Gasteiger partial charge in [-0.05, 0) is 28.1 Å². The molecule has 1 aliphatic rings. The molecule has 1 aliphatic heterocycles. The second-order valence-corrected chi connectivity index (χ2v) is 8.34. The average molecular weight is 366 g/mol. The van der Waals surface area contributed by atoms with Gasteiger partial charge in [-0.15, -0.1) is 0 Å². The Kier molecular flexibility index (Phi) is 5.49. The van der Waals surface area contributed by atoms with Crippen molar-refractivity contribution < 1.29 is 8.42 Å². The van der Waals surface area contributed by atoms with Crippen molar-refractivity contribution >= 4 is 43.5 Å². The van der Waals surface area contributed by atoms with E-state index in [1.807, 2.05) is 12.1 Å². The third-order valence-corrected chi connectivity index (χ3v) is 6.04. The molecule has 0 atom stereocenters. The van der Waals surface area contributed by atoms with Gasteiger partial charge >= 0.3 is 0 Å². The van der Waals surface area contributed by atoms with E-state index in [4.69, 9.17) is 0 Å². The van der Waals surface area contributed by atoms with Crippen molar-refractivity contribution in [3.63, 3.8) is 0 Å². The molecule has 106 valence electrons. The molecule has 0 aromatic carbocycles. The van der Waals surface area contributed by atoms with Gasteiger partial charge in [0.15, 0.2) is 0 Å². The van der Waals surface area contributed by atoms with Crippen LogP contribution >= 0.6 is 27.7 Å². The highest BCUT2D eigenvalue weighted by atomic mass is 79.9. The summed E-state index contributed by atoms with van der Waals surface area (Å²) in [6.45, 7) is 1.63. The number of sulfonamides is 1. The predicted molar refractivity (Wildman–Crippen MR) is 83.1 cm³/mol. The summed E-state index contributed by atoms with van der Waals surface area (Å²) in [6.07, 6.45) is 1.68. The fourth-order valence-corrected chi connectivity index (χ4v) is 4.47. The lowest BCUT2D eigenvalue weighted by Crippen LogP contribution is -2.40. The molecule has 8 heteroatoms. The van der Waals surface area contributed by atoms with Gasteiger partial charge in [-0.3, -0.25) is 0 Å². The minimum absolute atomic E-state index is 0.107. The molecule has 1 fully saturated rings. The number of thioether (sulfide) groups is 1. The van der Waals surface area contributed by atoms with Gasteiger partial charge in [0.1, 0.15) is 5.82 Å². The molecule has 2 heterocycles. The van der Waals surface area contributed by atoms with E-state index in [1.54, 1.807) is 22.3 Å². The Morgan fingerprint density at radius 3 is 2.74 bits per heavy atom. The quantitative estimate of drug-likeness (QED) is 0.859. The molecular weight excluding hydrogens is 350 g/mol. The lowest BCUT2D eigenvalue weighted by atomic mass is 10.4. The van der Waals surface area contributed by atoms with Gasteiger partial charge in [-0.25, -0.2) is 17.7 Å². The van der Waals surface area contributed by atoms with Crippen LogP contribution < -0.4 is 5.32 Å². The van der Waals surface area contributed by atoms with Gasteiger partial charge in [0, 0.05) is 41.8 Å². The summed E-state index contributed by atoms with van der Waals surface area (Å²) in [4.78, 5) is 4.14. The van der Waals surface area contributed by atoms with E-state index in [-0.39, 0.29) is 5.75 Å². The van der Waals surface area contributed by atoms with E-state index in [1.165, 1.54) is 0 Å². The highest BCUT2D eigenvalue weighted by Crippen LogP contribution is 2.14. The van der Waals surface area contributed by atoms with Crippen molar-refractivity contribution in [3.05, 3.63) is 22.8 Å². The van der Waals surface area contributed by atoms with E-state index in [2.05, 4.69) is 26.2 Å². The second kappa shape index (κ2) is 6.92. The fourth-order valence-electron chi connectivity index (χ4n) is 1.74. The van der Waals surface area contributed by atoms with Crippen LogP contribution in [0.5, 0.6) is 0 Å². The first-order chi connectivity index (χ1) is 9.08. The van der Waals surface area contributed by atoms with Crippen molar-refractivity contribution in [1.29, 1.82) is 0 Å². The number of nitrogens with zero attached hydrogens (tertiary/aromatic N) is 2. The lowest BCUT2D eigenvalue weighted by Gasteiger charge is -2.25. The SMILES string of the molecule is O=S(=O)(CCNc1ccc(Br)cn1)N1CCSCC1. The molecule has 0 bridgehead atoms. The highest BCUT2D eigenvalue weighted by molar-refractivity contribution is 9.10. The molecule has 1 saturated heterocycles. The lowest BCUT2D eigenvalue weighted by molar-refractivity contribution is 0.444. The molecule has 0 unspecified atom stereocenters. The normalized spacial score (nSPS) is 17.3. The van der Waals surface area contributed by atoms with Crippen molar-refractivity contribution in [1.82, 2.24) is 9.29 Å². The Hall–Kier alpha value is -0.310. The van der Waals surface area contributed by atoms with Crippen LogP contribution in [0, 0.1) is 0 Å². The van der Waals surface area contributed by atoms with Gasteiger partial charge < -0.3 is 5.32 Å². The maximum absolute atomic E-state index is 12.1. The minimum Gasteiger partial charge on any atom is -0.369 e. The number of rotatable bonds is 5. The molecule has 5 nitrogen and oxygen atoms in total. The summed E-state index contributed by atoms with van der Waals surface area (Å²) in [5.41, 5.74) is 0. The monoisotopic (exact) mass is 365 g/mol. The fraction of sp³-hybridized carbons (Fsp3) is 0.545. The second-order valence-electron chi connectivity index (χ2n) is 4.12. The molecule has 19 heavy (non-hydrogen) atoms. The first-order valence-corrected chi connectivity index (χ1v) is 9.54. The molecule has 1 aromatic heterocycles. The van der Waals surface area contributed by atoms with Crippen LogP contribution in [0.25, 0.3) is 0 Å². The van der Waals surface area contributed by atoms with E-state index in [0.717, 1.165) is 16.0 Å². The average Bonchev–Trinajstić information content (AvgIpc) is 2.42. The summed E-state index contributed by atoms with van der Waals surface area (Å²) in [5, 5.41) is 3.02. The summed E-state index contributed by atoms with van der Waals surface area (Å²) in [7, 11) is -3.14. The summed E-state index contributed by atoms with van der Waals surface area (Å²) >= 11 is 5.10. The largest absolute Gasteiger partial charge is 0.369 e. The standard InChI is InChI=1S/C11H16BrN3O2S2/c12-10-1-2-11(14-9-10)13-3-8-19(16,17)15-4-6-18-7-5-15/h1-2,9H,3-8H2,(H,13,14). The first kappa shape index (κ1) is 15.1. The first-order valence-electron chi connectivity index (χ1n) is 5.99. The zero-order chi connectivity index (χ0) is 13.7. The van der Waals surface area contributed by atoms with Crippen LogP contribution in [0.3, 0.4) is 0 Å². The van der Waals surface area contributed by atoms with Crippen molar-refractivity contribution in [2.75, 3.05) is 42.2 Å². The van der Waals surface area contributed by atoms with Crippen LogP contribution in [-0.2, 0) is 10.0 Å². The van der Waals surface area contributed by atoms with Crippen molar-refractivity contribution in [3.8, 4) is 0 Å².